The van der Waals surface area contributed by atoms with Gasteiger partial charge in [0.25, 0.3) is 0 Å². The van der Waals surface area contributed by atoms with E-state index in [1.807, 2.05) is 31.9 Å². The van der Waals surface area contributed by atoms with Gasteiger partial charge >= 0.3 is 0 Å². The molecule has 4 heteroatoms. The number of fused-ring (bicyclic) bond motifs is 1. The minimum absolute atomic E-state index is 0.0384. The largest absolute Gasteiger partial charge is 0.334 e. The lowest BCUT2D eigenvalue weighted by atomic mass is 10.1. The minimum atomic E-state index is -0.0384. The maximum atomic E-state index is 8.84. The Labute approximate surface area is 107 Å². The Kier molecular flexibility index (Phi) is 3.63. The van der Waals surface area contributed by atoms with Gasteiger partial charge in [0.15, 0.2) is 0 Å². The quantitative estimate of drug-likeness (QED) is 0.823. The van der Waals surface area contributed by atoms with E-state index >= 15 is 0 Å². The lowest BCUT2D eigenvalue weighted by molar-refractivity contribution is 0.306. The third-order valence-electron chi connectivity index (χ3n) is 3.39. The summed E-state index contributed by atoms with van der Waals surface area (Å²) in [5.41, 5.74) is 3.45. The third-order valence-corrected chi connectivity index (χ3v) is 3.39. The molecule has 0 saturated carbocycles. The van der Waals surface area contributed by atoms with Crippen molar-refractivity contribution in [3.05, 3.63) is 30.1 Å². The number of benzene rings is 1. The fraction of sp³-hybridized carbons (Fsp3) is 0.429. The summed E-state index contributed by atoms with van der Waals surface area (Å²) in [7, 11) is 3.98. The molecule has 0 radical (unpaired) electrons. The van der Waals surface area contributed by atoms with Crippen LogP contribution in [0.4, 0.5) is 0 Å². The van der Waals surface area contributed by atoms with Crippen molar-refractivity contribution in [1.82, 2.24) is 14.5 Å². The van der Waals surface area contributed by atoms with E-state index in [4.69, 9.17) is 5.26 Å². The first-order chi connectivity index (χ1) is 8.61. The second-order valence-electron chi connectivity index (χ2n) is 4.71. The van der Waals surface area contributed by atoms with Gasteiger partial charge in [-0.3, -0.25) is 4.90 Å². The summed E-state index contributed by atoms with van der Waals surface area (Å²) >= 11 is 0. The number of likely N-dealkylation sites (N-methyl/N-ethyl adjacent to an activating group) is 1. The molecule has 0 spiro atoms. The zero-order valence-corrected chi connectivity index (χ0v) is 11.1. The molecule has 0 aliphatic rings. The van der Waals surface area contributed by atoms with Gasteiger partial charge in [-0.2, -0.15) is 5.26 Å². The molecule has 1 heterocycles. The summed E-state index contributed by atoms with van der Waals surface area (Å²) in [6, 6.07) is 8.57. The Bertz CT molecular complexity index is 579. The van der Waals surface area contributed by atoms with Crippen LogP contribution in [0.15, 0.2) is 24.5 Å². The van der Waals surface area contributed by atoms with Crippen molar-refractivity contribution in [2.75, 3.05) is 13.6 Å². The molecule has 94 valence electrons. The van der Waals surface area contributed by atoms with E-state index in [-0.39, 0.29) is 6.04 Å². The van der Waals surface area contributed by atoms with Crippen LogP contribution >= 0.6 is 0 Å². The molecule has 4 nitrogen and oxygen atoms in total. The molecule has 1 aromatic heterocycles. The van der Waals surface area contributed by atoms with Crippen LogP contribution in [0.25, 0.3) is 11.0 Å². The Balaban J connectivity index is 2.06. The maximum absolute atomic E-state index is 8.84. The normalized spacial score (nSPS) is 12.8. The molecule has 2 rings (SSSR count). The van der Waals surface area contributed by atoms with Crippen molar-refractivity contribution in [2.24, 2.45) is 7.05 Å². The van der Waals surface area contributed by atoms with Gasteiger partial charge in [0.2, 0.25) is 0 Å². The number of nitriles is 1. The van der Waals surface area contributed by atoms with E-state index in [0.29, 0.717) is 0 Å². The number of imidazole rings is 1. The van der Waals surface area contributed by atoms with E-state index in [1.165, 1.54) is 5.56 Å². The van der Waals surface area contributed by atoms with Crippen LogP contribution in [-0.4, -0.2) is 34.1 Å². The van der Waals surface area contributed by atoms with E-state index in [0.717, 1.165) is 24.0 Å². The minimum Gasteiger partial charge on any atom is -0.334 e. The molecule has 0 amide bonds. The van der Waals surface area contributed by atoms with Crippen LogP contribution in [0.3, 0.4) is 0 Å². The monoisotopic (exact) mass is 242 g/mol. The molecule has 0 N–H and O–H groups in total. The molecule has 1 aromatic carbocycles. The van der Waals surface area contributed by atoms with Gasteiger partial charge in [0, 0.05) is 13.6 Å². The predicted molar refractivity (Wildman–Crippen MR) is 72.1 cm³/mol. The summed E-state index contributed by atoms with van der Waals surface area (Å²) in [5.74, 6) is 0. The Morgan fingerprint density at radius 3 is 3.00 bits per heavy atom. The van der Waals surface area contributed by atoms with Gasteiger partial charge in [-0.05, 0) is 38.1 Å². The number of hydrogen-bond donors (Lipinski definition) is 0. The van der Waals surface area contributed by atoms with Crippen LogP contribution in [0.1, 0.15) is 12.5 Å². The molecule has 0 bridgehead atoms. The molecule has 0 aliphatic heterocycles. The highest BCUT2D eigenvalue weighted by Gasteiger charge is 2.08. The third kappa shape index (κ3) is 2.52. The summed E-state index contributed by atoms with van der Waals surface area (Å²) in [6.45, 7) is 2.80. The van der Waals surface area contributed by atoms with Crippen LogP contribution < -0.4 is 0 Å². The Hall–Kier alpha value is -1.86. The average molecular weight is 242 g/mol. The maximum Gasteiger partial charge on any atom is 0.0955 e. The van der Waals surface area contributed by atoms with E-state index in [2.05, 4.69) is 34.2 Å². The molecule has 0 saturated heterocycles. The molecule has 18 heavy (non-hydrogen) atoms. The molecule has 2 aromatic rings. The summed E-state index contributed by atoms with van der Waals surface area (Å²) in [6.07, 6.45) is 2.77. The average Bonchev–Trinajstić information content (AvgIpc) is 2.76. The Morgan fingerprint density at radius 1 is 1.50 bits per heavy atom. The van der Waals surface area contributed by atoms with E-state index in [1.54, 1.807) is 0 Å². The highest BCUT2D eigenvalue weighted by molar-refractivity contribution is 5.75. The summed E-state index contributed by atoms with van der Waals surface area (Å²) < 4.78 is 2.02. The zero-order chi connectivity index (χ0) is 13.1. The van der Waals surface area contributed by atoms with E-state index in [9.17, 15) is 0 Å². The standard InChI is InChI=1S/C14H18N4/c1-11(9-15)17(2)7-6-12-4-5-14-13(8-12)16-10-18(14)3/h4-5,8,10-11H,6-7H2,1-3H3. The number of nitrogens with zero attached hydrogens (tertiary/aromatic N) is 4. The molecule has 1 atom stereocenters. The summed E-state index contributed by atoms with van der Waals surface area (Å²) in [5, 5.41) is 8.84. The van der Waals surface area contributed by atoms with Crippen LogP contribution in [0, 0.1) is 11.3 Å². The second-order valence-corrected chi connectivity index (χ2v) is 4.71. The zero-order valence-electron chi connectivity index (χ0n) is 11.1. The first-order valence-electron chi connectivity index (χ1n) is 6.11. The lowest BCUT2D eigenvalue weighted by Crippen LogP contribution is -2.29. The van der Waals surface area contributed by atoms with Gasteiger partial charge in [-0.1, -0.05) is 6.07 Å². The predicted octanol–water partition coefficient (Wildman–Crippen LogP) is 1.96. The van der Waals surface area contributed by atoms with Gasteiger partial charge < -0.3 is 4.57 Å². The first kappa shape index (κ1) is 12.6. The lowest BCUT2D eigenvalue weighted by Gasteiger charge is -2.18. The second kappa shape index (κ2) is 5.19. The number of hydrogen-bond acceptors (Lipinski definition) is 3. The fourth-order valence-corrected chi connectivity index (χ4v) is 1.93. The van der Waals surface area contributed by atoms with Gasteiger partial charge in [0.1, 0.15) is 0 Å². The SMILES string of the molecule is CC(C#N)N(C)CCc1ccc2c(c1)ncn2C. The highest BCUT2D eigenvalue weighted by Crippen LogP contribution is 2.14. The van der Waals surface area contributed by atoms with Gasteiger partial charge in [-0.25, -0.2) is 4.98 Å². The van der Waals surface area contributed by atoms with Gasteiger partial charge in [-0.15, -0.1) is 0 Å². The number of aromatic nitrogens is 2. The number of aryl methyl sites for hydroxylation is 1. The molecule has 0 aliphatic carbocycles. The van der Waals surface area contributed by atoms with Crippen molar-refractivity contribution in [2.45, 2.75) is 19.4 Å². The molecular formula is C14H18N4. The van der Waals surface area contributed by atoms with Crippen molar-refractivity contribution in [3.63, 3.8) is 0 Å². The van der Waals surface area contributed by atoms with Crippen molar-refractivity contribution in [3.8, 4) is 6.07 Å². The topological polar surface area (TPSA) is 44.9 Å². The van der Waals surface area contributed by atoms with E-state index < -0.39 is 0 Å². The smallest absolute Gasteiger partial charge is 0.0955 e. The molecule has 0 fully saturated rings. The number of rotatable bonds is 4. The Morgan fingerprint density at radius 2 is 2.28 bits per heavy atom. The summed E-state index contributed by atoms with van der Waals surface area (Å²) in [4.78, 5) is 6.41. The van der Waals surface area contributed by atoms with Crippen LogP contribution in [-0.2, 0) is 13.5 Å². The highest BCUT2D eigenvalue weighted by atomic mass is 15.1. The molecule has 1 unspecified atom stereocenters. The first-order valence-corrected chi connectivity index (χ1v) is 6.11. The van der Waals surface area contributed by atoms with Crippen molar-refractivity contribution in [1.29, 1.82) is 5.26 Å². The van der Waals surface area contributed by atoms with Crippen LogP contribution in [0.5, 0.6) is 0 Å². The van der Waals surface area contributed by atoms with Gasteiger partial charge in [0.05, 0.1) is 29.5 Å². The van der Waals surface area contributed by atoms with Crippen molar-refractivity contribution < 1.29 is 0 Å². The fourth-order valence-electron chi connectivity index (χ4n) is 1.93. The van der Waals surface area contributed by atoms with Crippen molar-refractivity contribution >= 4 is 11.0 Å². The van der Waals surface area contributed by atoms with Crippen LogP contribution in [0.2, 0.25) is 0 Å². The molecular weight excluding hydrogens is 224 g/mol.